The smallest absolute Gasteiger partial charge is 0.0819 e. The second kappa shape index (κ2) is 6.22. The molecule has 0 amide bonds. The molecule has 0 saturated heterocycles. The zero-order valence-electron chi connectivity index (χ0n) is 11.7. The Balaban J connectivity index is 2.18. The summed E-state index contributed by atoms with van der Waals surface area (Å²) >= 11 is 6.04. The molecule has 0 fully saturated rings. The third-order valence-electron chi connectivity index (χ3n) is 3.17. The van der Waals surface area contributed by atoms with Gasteiger partial charge in [0.25, 0.3) is 0 Å². The highest BCUT2D eigenvalue weighted by atomic mass is 35.5. The molecule has 1 heterocycles. The number of hydrogen-bond acceptors (Lipinski definition) is 2. The maximum atomic E-state index is 6.04. The van der Waals surface area contributed by atoms with E-state index in [0.717, 1.165) is 30.9 Å². The van der Waals surface area contributed by atoms with E-state index in [4.69, 9.17) is 11.6 Å². The van der Waals surface area contributed by atoms with Gasteiger partial charge in [-0.15, -0.1) is 0 Å². The predicted molar refractivity (Wildman–Crippen MR) is 80.0 cm³/mol. The van der Waals surface area contributed by atoms with Crippen LogP contribution >= 0.6 is 11.6 Å². The standard InChI is InChI=1S/C15H20ClN3/c1-4-7-17-9-13-5-6-14(8-11(13)2)19-10-15(16)12(3)18-19/h5-6,8,10,17H,4,7,9H2,1-3H3. The molecular weight excluding hydrogens is 258 g/mol. The van der Waals surface area contributed by atoms with Gasteiger partial charge in [-0.2, -0.15) is 5.10 Å². The van der Waals surface area contributed by atoms with Gasteiger partial charge in [0.2, 0.25) is 0 Å². The maximum absolute atomic E-state index is 6.04. The monoisotopic (exact) mass is 277 g/mol. The average Bonchev–Trinajstić information content (AvgIpc) is 2.72. The Morgan fingerprint density at radius 2 is 2.11 bits per heavy atom. The topological polar surface area (TPSA) is 29.9 Å². The van der Waals surface area contributed by atoms with Crippen LogP contribution in [-0.4, -0.2) is 16.3 Å². The lowest BCUT2D eigenvalue weighted by molar-refractivity contribution is 0.673. The zero-order valence-corrected chi connectivity index (χ0v) is 12.5. The number of aromatic nitrogens is 2. The Kier molecular flexibility index (Phi) is 4.61. The number of nitrogens with one attached hydrogen (secondary N) is 1. The van der Waals surface area contributed by atoms with E-state index >= 15 is 0 Å². The van der Waals surface area contributed by atoms with Crippen LogP contribution in [-0.2, 0) is 6.54 Å². The molecule has 0 unspecified atom stereocenters. The van der Waals surface area contributed by atoms with E-state index in [1.54, 1.807) is 0 Å². The van der Waals surface area contributed by atoms with Gasteiger partial charge in [-0.3, -0.25) is 0 Å². The molecule has 0 aliphatic rings. The van der Waals surface area contributed by atoms with E-state index < -0.39 is 0 Å². The molecule has 0 radical (unpaired) electrons. The second-order valence-electron chi connectivity index (χ2n) is 4.79. The molecular formula is C15H20ClN3. The van der Waals surface area contributed by atoms with Crippen LogP contribution in [0.1, 0.15) is 30.2 Å². The summed E-state index contributed by atoms with van der Waals surface area (Å²) < 4.78 is 1.83. The molecule has 0 saturated carbocycles. The molecule has 0 spiro atoms. The fraction of sp³-hybridized carbons (Fsp3) is 0.400. The van der Waals surface area contributed by atoms with Crippen molar-refractivity contribution in [2.45, 2.75) is 33.7 Å². The summed E-state index contributed by atoms with van der Waals surface area (Å²) in [7, 11) is 0. The van der Waals surface area contributed by atoms with E-state index in [0.29, 0.717) is 5.02 Å². The summed E-state index contributed by atoms with van der Waals surface area (Å²) in [4.78, 5) is 0. The summed E-state index contributed by atoms with van der Waals surface area (Å²) in [5.74, 6) is 0. The molecule has 2 rings (SSSR count). The first-order valence-electron chi connectivity index (χ1n) is 6.64. The number of hydrogen-bond donors (Lipinski definition) is 1. The average molecular weight is 278 g/mol. The quantitative estimate of drug-likeness (QED) is 0.846. The fourth-order valence-electron chi connectivity index (χ4n) is 1.99. The molecule has 0 aliphatic carbocycles. The van der Waals surface area contributed by atoms with Gasteiger partial charge in [0.1, 0.15) is 0 Å². The Morgan fingerprint density at radius 1 is 1.32 bits per heavy atom. The number of aryl methyl sites for hydroxylation is 2. The Morgan fingerprint density at radius 3 is 2.68 bits per heavy atom. The van der Waals surface area contributed by atoms with Crippen LogP contribution in [0.15, 0.2) is 24.4 Å². The van der Waals surface area contributed by atoms with Crippen LogP contribution in [0.5, 0.6) is 0 Å². The van der Waals surface area contributed by atoms with Gasteiger partial charge in [0.05, 0.1) is 16.4 Å². The van der Waals surface area contributed by atoms with Crippen LogP contribution in [0.3, 0.4) is 0 Å². The molecule has 1 aromatic carbocycles. The Bertz CT molecular complexity index is 541. The van der Waals surface area contributed by atoms with Crippen molar-refractivity contribution < 1.29 is 0 Å². The van der Waals surface area contributed by atoms with E-state index in [-0.39, 0.29) is 0 Å². The zero-order chi connectivity index (χ0) is 13.8. The molecule has 1 aromatic heterocycles. The maximum Gasteiger partial charge on any atom is 0.0819 e. The van der Waals surface area contributed by atoms with Crippen molar-refractivity contribution in [2.24, 2.45) is 0 Å². The van der Waals surface area contributed by atoms with Crippen LogP contribution in [0, 0.1) is 13.8 Å². The first kappa shape index (κ1) is 14.1. The van der Waals surface area contributed by atoms with Gasteiger partial charge in [-0.25, -0.2) is 4.68 Å². The minimum absolute atomic E-state index is 0.700. The second-order valence-corrected chi connectivity index (χ2v) is 5.20. The molecule has 0 aliphatic heterocycles. The van der Waals surface area contributed by atoms with Crippen molar-refractivity contribution in [1.29, 1.82) is 0 Å². The molecule has 3 nitrogen and oxygen atoms in total. The van der Waals surface area contributed by atoms with E-state index in [2.05, 4.69) is 42.5 Å². The van der Waals surface area contributed by atoms with Crippen molar-refractivity contribution in [3.05, 3.63) is 46.2 Å². The van der Waals surface area contributed by atoms with E-state index in [1.807, 2.05) is 17.8 Å². The fourth-order valence-corrected chi connectivity index (χ4v) is 2.12. The summed E-state index contributed by atoms with van der Waals surface area (Å²) in [6, 6.07) is 6.38. The SMILES string of the molecule is CCCNCc1ccc(-n2cc(Cl)c(C)n2)cc1C. The highest BCUT2D eigenvalue weighted by Crippen LogP contribution is 2.18. The lowest BCUT2D eigenvalue weighted by Crippen LogP contribution is -2.14. The third kappa shape index (κ3) is 3.37. The number of benzene rings is 1. The van der Waals surface area contributed by atoms with E-state index in [9.17, 15) is 0 Å². The van der Waals surface area contributed by atoms with Gasteiger partial charge >= 0.3 is 0 Å². The van der Waals surface area contributed by atoms with Crippen LogP contribution in [0.4, 0.5) is 0 Å². The van der Waals surface area contributed by atoms with E-state index in [1.165, 1.54) is 11.1 Å². The van der Waals surface area contributed by atoms with Crippen molar-refractivity contribution in [1.82, 2.24) is 15.1 Å². The largest absolute Gasteiger partial charge is 0.313 e. The molecule has 4 heteroatoms. The van der Waals surface area contributed by atoms with Crippen molar-refractivity contribution in [2.75, 3.05) is 6.54 Å². The van der Waals surface area contributed by atoms with Gasteiger partial charge in [0.15, 0.2) is 0 Å². The van der Waals surface area contributed by atoms with Crippen LogP contribution in [0.25, 0.3) is 5.69 Å². The summed E-state index contributed by atoms with van der Waals surface area (Å²) in [6.07, 6.45) is 3.00. The number of rotatable bonds is 5. The lowest BCUT2D eigenvalue weighted by atomic mass is 10.1. The van der Waals surface area contributed by atoms with Crippen LogP contribution in [0.2, 0.25) is 5.02 Å². The highest BCUT2D eigenvalue weighted by Gasteiger charge is 2.05. The first-order valence-corrected chi connectivity index (χ1v) is 7.02. The summed E-state index contributed by atoms with van der Waals surface area (Å²) in [5, 5.41) is 8.52. The molecule has 2 aromatic rings. The normalized spacial score (nSPS) is 10.9. The molecule has 0 bridgehead atoms. The minimum atomic E-state index is 0.700. The van der Waals surface area contributed by atoms with Crippen LogP contribution < -0.4 is 5.32 Å². The number of nitrogens with zero attached hydrogens (tertiary/aromatic N) is 2. The summed E-state index contributed by atoms with van der Waals surface area (Å²) in [6.45, 7) is 8.18. The highest BCUT2D eigenvalue weighted by molar-refractivity contribution is 6.31. The van der Waals surface area contributed by atoms with Gasteiger partial charge in [-0.05, 0) is 50.1 Å². The third-order valence-corrected chi connectivity index (χ3v) is 3.54. The Hall–Kier alpha value is -1.32. The van der Waals surface area contributed by atoms with Gasteiger partial charge in [-0.1, -0.05) is 24.6 Å². The minimum Gasteiger partial charge on any atom is -0.313 e. The van der Waals surface area contributed by atoms with Gasteiger partial charge in [0, 0.05) is 12.7 Å². The molecule has 0 atom stereocenters. The molecule has 19 heavy (non-hydrogen) atoms. The first-order chi connectivity index (χ1) is 9.11. The lowest BCUT2D eigenvalue weighted by Gasteiger charge is -2.09. The van der Waals surface area contributed by atoms with Crippen molar-refractivity contribution in [3.8, 4) is 5.69 Å². The van der Waals surface area contributed by atoms with Gasteiger partial charge < -0.3 is 5.32 Å². The summed E-state index contributed by atoms with van der Waals surface area (Å²) in [5.41, 5.74) is 4.50. The number of halogens is 1. The molecule has 102 valence electrons. The predicted octanol–water partition coefficient (Wildman–Crippen LogP) is 3.64. The molecule has 1 N–H and O–H groups in total. The van der Waals surface area contributed by atoms with Crippen molar-refractivity contribution in [3.63, 3.8) is 0 Å². The Labute approximate surface area is 119 Å². The van der Waals surface area contributed by atoms with Crippen molar-refractivity contribution >= 4 is 11.6 Å².